The first-order chi connectivity index (χ1) is 8.40. The van der Waals surface area contributed by atoms with Crippen molar-refractivity contribution in [1.29, 1.82) is 0 Å². The van der Waals surface area contributed by atoms with Gasteiger partial charge in [0.2, 0.25) is 0 Å². The van der Waals surface area contributed by atoms with Crippen LogP contribution in [0, 0.1) is 11.8 Å². The van der Waals surface area contributed by atoms with E-state index >= 15 is 0 Å². The van der Waals surface area contributed by atoms with Gasteiger partial charge in [0.15, 0.2) is 0 Å². The molecule has 1 saturated carbocycles. The molecular formula is C11H19O6P. The number of carbonyl (C=O) groups excluding carboxylic acids is 1. The van der Waals surface area contributed by atoms with Crippen molar-refractivity contribution in [2.45, 2.75) is 25.7 Å². The number of hydrogen-bond acceptors (Lipinski definition) is 4. The molecule has 0 spiro atoms. The molecular weight excluding hydrogens is 259 g/mol. The summed E-state index contributed by atoms with van der Waals surface area (Å²) >= 11 is 0. The SMILES string of the molecule is C=CC(=O)OCC1CCC(COP(=O)(O)O)CC1. The fourth-order valence-corrected chi connectivity index (χ4v) is 2.43. The molecule has 7 heteroatoms. The van der Waals surface area contributed by atoms with Crippen molar-refractivity contribution >= 4 is 13.8 Å². The van der Waals surface area contributed by atoms with Crippen LogP contribution in [-0.4, -0.2) is 29.0 Å². The van der Waals surface area contributed by atoms with Crippen LogP contribution >= 0.6 is 7.82 Å². The van der Waals surface area contributed by atoms with E-state index in [1.165, 1.54) is 0 Å². The van der Waals surface area contributed by atoms with E-state index in [0.29, 0.717) is 12.5 Å². The molecule has 0 aliphatic heterocycles. The molecule has 1 fully saturated rings. The summed E-state index contributed by atoms with van der Waals surface area (Å²) in [6.07, 6.45) is 4.55. The summed E-state index contributed by atoms with van der Waals surface area (Å²) in [5.74, 6) is 0.0751. The topological polar surface area (TPSA) is 93.1 Å². The first-order valence-electron chi connectivity index (χ1n) is 5.90. The average molecular weight is 278 g/mol. The highest BCUT2D eigenvalue weighted by molar-refractivity contribution is 7.46. The van der Waals surface area contributed by atoms with Crippen LogP contribution in [-0.2, 0) is 18.6 Å². The van der Waals surface area contributed by atoms with Gasteiger partial charge in [-0.3, -0.25) is 4.52 Å². The van der Waals surface area contributed by atoms with Gasteiger partial charge in [-0.25, -0.2) is 9.36 Å². The summed E-state index contributed by atoms with van der Waals surface area (Å²) in [5, 5.41) is 0. The van der Waals surface area contributed by atoms with Crippen LogP contribution in [0.15, 0.2) is 12.7 Å². The Bertz CT molecular complexity index is 328. The summed E-state index contributed by atoms with van der Waals surface area (Å²) in [4.78, 5) is 28.1. The zero-order valence-electron chi connectivity index (χ0n) is 10.2. The second kappa shape index (κ2) is 7.04. The van der Waals surface area contributed by atoms with Gasteiger partial charge in [0.05, 0.1) is 13.2 Å². The van der Waals surface area contributed by atoms with E-state index in [1.54, 1.807) is 0 Å². The normalized spacial score (nSPS) is 24.6. The molecule has 0 atom stereocenters. The lowest BCUT2D eigenvalue weighted by atomic mass is 9.83. The maximum Gasteiger partial charge on any atom is 0.469 e. The number of phosphoric ester groups is 1. The van der Waals surface area contributed by atoms with Gasteiger partial charge in [0.1, 0.15) is 0 Å². The second-order valence-corrected chi connectivity index (χ2v) is 5.75. The van der Waals surface area contributed by atoms with Crippen molar-refractivity contribution in [3.05, 3.63) is 12.7 Å². The maximum absolute atomic E-state index is 10.9. The lowest BCUT2D eigenvalue weighted by molar-refractivity contribution is -0.139. The fraction of sp³-hybridized carbons (Fsp3) is 0.727. The molecule has 0 amide bonds. The Morgan fingerprint density at radius 2 is 1.72 bits per heavy atom. The molecule has 0 saturated heterocycles. The third kappa shape index (κ3) is 6.31. The van der Waals surface area contributed by atoms with E-state index in [1.807, 2.05) is 0 Å². The molecule has 104 valence electrons. The summed E-state index contributed by atoms with van der Waals surface area (Å²) in [6, 6.07) is 0. The van der Waals surface area contributed by atoms with E-state index in [0.717, 1.165) is 31.8 Å². The molecule has 1 rings (SSSR count). The lowest BCUT2D eigenvalue weighted by Gasteiger charge is -2.27. The molecule has 0 heterocycles. The van der Waals surface area contributed by atoms with E-state index in [4.69, 9.17) is 14.5 Å². The number of carbonyl (C=O) groups is 1. The molecule has 2 N–H and O–H groups in total. The summed E-state index contributed by atoms with van der Waals surface area (Å²) in [5.41, 5.74) is 0. The summed E-state index contributed by atoms with van der Waals surface area (Å²) in [7, 11) is -4.36. The highest BCUT2D eigenvalue weighted by Gasteiger charge is 2.24. The van der Waals surface area contributed by atoms with Crippen LogP contribution in [0.25, 0.3) is 0 Å². The fourth-order valence-electron chi connectivity index (χ4n) is 2.03. The second-order valence-electron chi connectivity index (χ2n) is 4.51. The van der Waals surface area contributed by atoms with Gasteiger partial charge in [-0.1, -0.05) is 6.58 Å². The Morgan fingerprint density at radius 3 is 2.17 bits per heavy atom. The quantitative estimate of drug-likeness (QED) is 0.436. The number of rotatable bonds is 6. The Labute approximate surface area is 106 Å². The van der Waals surface area contributed by atoms with Crippen LogP contribution < -0.4 is 0 Å². The average Bonchev–Trinajstić information content (AvgIpc) is 2.33. The van der Waals surface area contributed by atoms with Crippen LogP contribution in [0.4, 0.5) is 0 Å². The third-order valence-corrected chi connectivity index (χ3v) is 3.56. The van der Waals surface area contributed by atoms with Gasteiger partial charge < -0.3 is 14.5 Å². The predicted molar refractivity (Wildman–Crippen MR) is 64.6 cm³/mol. The molecule has 0 radical (unpaired) electrons. The molecule has 6 nitrogen and oxygen atoms in total. The first kappa shape index (κ1) is 15.4. The van der Waals surface area contributed by atoms with Crippen molar-refractivity contribution in [2.24, 2.45) is 11.8 Å². The van der Waals surface area contributed by atoms with E-state index < -0.39 is 13.8 Å². The van der Waals surface area contributed by atoms with Crippen LogP contribution in [0.5, 0.6) is 0 Å². The third-order valence-electron chi connectivity index (χ3n) is 3.07. The molecule has 0 unspecified atom stereocenters. The Morgan fingerprint density at radius 1 is 1.22 bits per heavy atom. The lowest BCUT2D eigenvalue weighted by Crippen LogP contribution is -2.22. The summed E-state index contributed by atoms with van der Waals surface area (Å²) < 4.78 is 20.0. The van der Waals surface area contributed by atoms with Crippen LogP contribution in [0.2, 0.25) is 0 Å². The van der Waals surface area contributed by atoms with Crippen LogP contribution in [0.1, 0.15) is 25.7 Å². The maximum atomic E-state index is 10.9. The molecule has 1 aliphatic rings. The van der Waals surface area contributed by atoms with E-state index in [2.05, 4.69) is 11.1 Å². The number of hydrogen-bond donors (Lipinski definition) is 2. The van der Waals surface area contributed by atoms with Crippen molar-refractivity contribution in [3.8, 4) is 0 Å². The van der Waals surface area contributed by atoms with Crippen molar-refractivity contribution in [1.82, 2.24) is 0 Å². The van der Waals surface area contributed by atoms with Gasteiger partial charge in [-0.2, -0.15) is 0 Å². The largest absolute Gasteiger partial charge is 0.469 e. The minimum absolute atomic E-state index is 0.0867. The minimum atomic E-state index is -4.36. The standard InChI is InChI=1S/C11H19O6P/c1-2-11(12)16-7-9-3-5-10(6-4-9)8-17-18(13,14)15/h2,9-10H,1,3-8H2,(H2,13,14,15). The van der Waals surface area contributed by atoms with Gasteiger partial charge in [0, 0.05) is 6.08 Å². The Hall–Kier alpha value is -0.680. The van der Waals surface area contributed by atoms with Crippen molar-refractivity contribution in [3.63, 3.8) is 0 Å². The van der Waals surface area contributed by atoms with Gasteiger partial charge in [-0.15, -0.1) is 0 Å². The van der Waals surface area contributed by atoms with Gasteiger partial charge >= 0.3 is 13.8 Å². The number of esters is 1. The number of ether oxygens (including phenoxy) is 1. The molecule has 0 aromatic carbocycles. The zero-order valence-corrected chi connectivity index (χ0v) is 11.1. The summed E-state index contributed by atoms with van der Waals surface area (Å²) in [6.45, 7) is 3.79. The van der Waals surface area contributed by atoms with E-state index in [-0.39, 0.29) is 12.5 Å². The van der Waals surface area contributed by atoms with Crippen molar-refractivity contribution in [2.75, 3.05) is 13.2 Å². The van der Waals surface area contributed by atoms with E-state index in [9.17, 15) is 9.36 Å². The highest BCUT2D eigenvalue weighted by atomic mass is 31.2. The highest BCUT2D eigenvalue weighted by Crippen LogP contribution is 2.38. The zero-order chi connectivity index (χ0) is 13.6. The first-order valence-corrected chi connectivity index (χ1v) is 7.43. The molecule has 18 heavy (non-hydrogen) atoms. The van der Waals surface area contributed by atoms with Gasteiger partial charge in [0.25, 0.3) is 0 Å². The van der Waals surface area contributed by atoms with Crippen LogP contribution in [0.3, 0.4) is 0 Å². The molecule has 0 aromatic heterocycles. The Kier molecular flexibility index (Phi) is 6.02. The monoisotopic (exact) mass is 278 g/mol. The Balaban J connectivity index is 2.18. The minimum Gasteiger partial charge on any atom is -0.462 e. The number of phosphoric acid groups is 1. The van der Waals surface area contributed by atoms with Crippen molar-refractivity contribution < 1.29 is 28.4 Å². The van der Waals surface area contributed by atoms with Gasteiger partial charge in [-0.05, 0) is 37.5 Å². The molecule has 0 aromatic rings. The molecule has 0 bridgehead atoms. The smallest absolute Gasteiger partial charge is 0.462 e. The predicted octanol–water partition coefficient (Wildman–Crippen LogP) is 1.63. The molecule has 1 aliphatic carbocycles.